The maximum absolute atomic E-state index is 11.5. The van der Waals surface area contributed by atoms with Crippen molar-refractivity contribution in [3.8, 4) is 0 Å². The van der Waals surface area contributed by atoms with Crippen molar-refractivity contribution >= 4 is 17.3 Å². The number of thiophene rings is 1. The molecule has 4 heteroatoms. The van der Waals surface area contributed by atoms with Gasteiger partial charge in [0.2, 0.25) is 0 Å². The molecule has 3 nitrogen and oxygen atoms in total. The van der Waals surface area contributed by atoms with E-state index in [1.54, 1.807) is 6.92 Å². The smallest absolute Gasteiger partial charge is 0.340 e. The fourth-order valence-electron chi connectivity index (χ4n) is 1.09. The van der Waals surface area contributed by atoms with Gasteiger partial charge in [-0.05, 0) is 25.3 Å². The van der Waals surface area contributed by atoms with Crippen LogP contribution in [0.25, 0.3) is 0 Å². The minimum absolute atomic E-state index is 0.309. The molecule has 0 radical (unpaired) electrons. The fourth-order valence-corrected chi connectivity index (χ4v) is 1.85. The number of hydrogen-bond donors (Lipinski definition) is 0. The van der Waals surface area contributed by atoms with Crippen LogP contribution in [0.5, 0.6) is 0 Å². The standard InChI is InChI=1S/C10H14O3S/c1-3-12-9(10(11)13-4-2)8-6-5-7-14-8/h5-7,9H,3-4H2,1-2H3. The highest BCUT2D eigenvalue weighted by Gasteiger charge is 2.22. The molecular formula is C10H14O3S. The molecule has 0 amide bonds. The first-order chi connectivity index (χ1) is 6.79. The van der Waals surface area contributed by atoms with Gasteiger partial charge in [0.1, 0.15) is 0 Å². The summed E-state index contributed by atoms with van der Waals surface area (Å²) in [5.41, 5.74) is 0. The van der Waals surface area contributed by atoms with Crippen molar-refractivity contribution in [2.45, 2.75) is 20.0 Å². The Kier molecular flexibility index (Phi) is 4.62. The van der Waals surface area contributed by atoms with Gasteiger partial charge in [0.15, 0.2) is 6.10 Å². The molecule has 1 aromatic rings. The van der Waals surface area contributed by atoms with Crippen LogP contribution in [0.4, 0.5) is 0 Å². The Morgan fingerprint density at radius 2 is 2.29 bits per heavy atom. The van der Waals surface area contributed by atoms with E-state index < -0.39 is 6.10 Å². The van der Waals surface area contributed by atoms with Crippen LogP contribution in [0.15, 0.2) is 17.5 Å². The van der Waals surface area contributed by atoms with Gasteiger partial charge in [-0.3, -0.25) is 0 Å². The molecule has 14 heavy (non-hydrogen) atoms. The normalized spacial score (nSPS) is 12.4. The molecule has 0 spiro atoms. The van der Waals surface area contributed by atoms with Crippen LogP contribution in [0.3, 0.4) is 0 Å². The lowest BCUT2D eigenvalue weighted by atomic mass is 10.3. The Bertz CT molecular complexity index is 269. The summed E-state index contributed by atoms with van der Waals surface area (Å²) >= 11 is 1.50. The molecule has 0 saturated carbocycles. The quantitative estimate of drug-likeness (QED) is 0.706. The van der Waals surface area contributed by atoms with Gasteiger partial charge in [-0.1, -0.05) is 6.07 Å². The minimum atomic E-state index is -0.556. The average molecular weight is 214 g/mol. The Balaban J connectivity index is 2.69. The van der Waals surface area contributed by atoms with Gasteiger partial charge in [0.05, 0.1) is 6.61 Å². The number of rotatable bonds is 5. The van der Waals surface area contributed by atoms with E-state index in [0.717, 1.165) is 4.88 Å². The van der Waals surface area contributed by atoms with Crippen LogP contribution >= 0.6 is 11.3 Å². The molecule has 0 fully saturated rings. The van der Waals surface area contributed by atoms with E-state index >= 15 is 0 Å². The molecule has 0 aliphatic rings. The molecule has 0 aromatic carbocycles. The van der Waals surface area contributed by atoms with E-state index in [9.17, 15) is 4.79 Å². The predicted molar refractivity (Wildman–Crippen MR) is 55.3 cm³/mol. The Morgan fingerprint density at radius 3 is 2.79 bits per heavy atom. The van der Waals surface area contributed by atoms with Gasteiger partial charge in [-0.15, -0.1) is 11.3 Å². The van der Waals surface area contributed by atoms with E-state index in [0.29, 0.717) is 13.2 Å². The van der Waals surface area contributed by atoms with Crippen molar-refractivity contribution < 1.29 is 14.3 Å². The van der Waals surface area contributed by atoms with Gasteiger partial charge in [0.25, 0.3) is 0 Å². The number of ether oxygens (including phenoxy) is 2. The Labute approximate surface area is 87.7 Å². The zero-order valence-electron chi connectivity index (χ0n) is 8.36. The van der Waals surface area contributed by atoms with Crippen LogP contribution < -0.4 is 0 Å². The van der Waals surface area contributed by atoms with Gasteiger partial charge in [0, 0.05) is 11.5 Å². The van der Waals surface area contributed by atoms with Gasteiger partial charge in [-0.2, -0.15) is 0 Å². The fraction of sp³-hybridized carbons (Fsp3) is 0.500. The maximum Gasteiger partial charge on any atom is 0.340 e. The number of carbonyl (C=O) groups excluding carboxylic acids is 1. The first kappa shape index (κ1) is 11.2. The van der Waals surface area contributed by atoms with Crippen molar-refractivity contribution in [1.29, 1.82) is 0 Å². The molecule has 0 aliphatic carbocycles. The molecule has 1 atom stereocenters. The monoisotopic (exact) mass is 214 g/mol. The summed E-state index contributed by atoms with van der Waals surface area (Å²) in [6.45, 7) is 4.53. The first-order valence-corrected chi connectivity index (χ1v) is 5.49. The molecule has 0 bridgehead atoms. The van der Waals surface area contributed by atoms with E-state index in [-0.39, 0.29) is 5.97 Å². The summed E-state index contributed by atoms with van der Waals surface area (Å²) < 4.78 is 10.3. The zero-order chi connectivity index (χ0) is 10.4. The van der Waals surface area contributed by atoms with Crippen molar-refractivity contribution in [3.63, 3.8) is 0 Å². The number of carbonyl (C=O) groups is 1. The van der Waals surface area contributed by atoms with Crippen molar-refractivity contribution in [3.05, 3.63) is 22.4 Å². The summed E-state index contributed by atoms with van der Waals surface area (Å²) in [6.07, 6.45) is -0.556. The maximum atomic E-state index is 11.5. The summed E-state index contributed by atoms with van der Waals surface area (Å²) in [5.74, 6) is -0.309. The van der Waals surface area contributed by atoms with Crippen molar-refractivity contribution in [2.24, 2.45) is 0 Å². The molecule has 0 aliphatic heterocycles. The third-order valence-electron chi connectivity index (χ3n) is 1.64. The summed E-state index contributed by atoms with van der Waals surface area (Å²) in [4.78, 5) is 12.4. The van der Waals surface area contributed by atoms with Gasteiger partial charge < -0.3 is 9.47 Å². The highest BCUT2D eigenvalue weighted by atomic mass is 32.1. The topological polar surface area (TPSA) is 35.5 Å². The van der Waals surface area contributed by atoms with Gasteiger partial charge in [-0.25, -0.2) is 4.79 Å². The Hall–Kier alpha value is -0.870. The first-order valence-electron chi connectivity index (χ1n) is 4.61. The zero-order valence-corrected chi connectivity index (χ0v) is 9.17. The molecule has 0 saturated heterocycles. The van der Waals surface area contributed by atoms with Crippen molar-refractivity contribution in [2.75, 3.05) is 13.2 Å². The second-order valence-corrected chi connectivity index (χ2v) is 3.58. The second-order valence-electron chi connectivity index (χ2n) is 2.60. The van der Waals surface area contributed by atoms with Crippen LogP contribution in [0, 0.1) is 0 Å². The SMILES string of the molecule is CCOC(=O)C(OCC)c1cccs1. The molecule has 1 heterocycles. The molecule has 1 aromatic heterocycles. The van der Waals surface area contributed by atoms with E-state index in [1.807, 2.05) is 24.4 Å². The lowest BCUT2D eigenvalue weighted by molar-refractivity contribution is -0.156. The molecular weight excluding hydrogens is 200 g/mol. The van der Waals surface area contributed by atoms with E-state index in [4.69, 9.17) is 9.47 Å². The lowest BCUT2D eigenvalue weighted by Gasteiger charge is -2.13. The summed E-state index contributed by atoms with van der Waals surface area (Å²) in [6, 6.07) is 3.77. The number of esters is 1. The summed E-state index contributed by atoms with van der Waals surface area (Å²) in [7, 11) is 0. The van der Waals surface area contributed by atoms with Gasteiger partial charge >= 0.3 is 5.97 Å². The van der Waals surface area contributed by atoms with E-state index in [2.05, 4.69) is 0 Å². The second kappa shape index (κ2) is 5.78. The molecule has 1 rings (SSSR count). The lowest BCUT2D eigenvalue weighted by Crippen LogP contribution is -2.18. The molecule has 1 unspecified atom stereocenters. The van der Waals surface area contributed by atoms with Crippen molar-refractivity contribution in [1.82, 2.24) is 0 Å². The van der Waals surface area contributed by atoms with Crippen LogP contribution in [-0.2, 0) is 14.3 Å². The minimum Gasteiger partial charge on any atom is -0.464 e. The number of hydrogen-bond acceptors (Lipinski definition) is 4. The average Bonchev–Trinajstić information content (AvgIpc) is 2.67. The van der Waals surface area contributed by atoms with Crippen LogP contribution in [0.1, 0.15) is 24.8 Å². The largest absolute Gasteiger partial charge is 0.464 e. The predicted octanol–water partition coefficient (Wildman–Crippen LogP) is 2.39. The Morgan fingerprint density at radius 1 is 1.50 bits per heavy atom. The highest BCUT2D eigenvalue weighted by Crippen LogP contribution is 2.23. The van der Waals surface area contributed by atoms with Crippen LogP contribution in [0.2, 0.25) is 0 Å². The van der Waals surface area contributed by atoms with E-state index in [1.165, 1.54) is 11.3 Å². The highest BCUT2D eigenvalue weighted by molar-refractivity contribution is 7.10. The third-order valence-corrected chi connectivity index (χ3v) is 2.55. The van der Waals surface area contributed by atoms with Crippen LogP contribution in [-0.4, -0.2) is 19.2 Å². The third kappa shape index (κ3) is 2.82. The molecule has 78 valence electrons. The summed E-state index contributed by atoms with van der Waals surface area (Å²) in [5, 5.41) is 1.92. The molecule has 0 N–H and O–H groups in total.